The molecule has 0 N–H and O–H groups in total. The smallest absolute Gasteiger partial charge is 0.201 e. The topological polar surface area (TPSA) is 26.3 Å². The maximum Gasteiger partial charge on any atom is 0.201 e. The zero-order valence-corrected chi connectivity index (χ0v) is 9.13. The van der Waals surface area contributed by atoms with Crippen molar-refractivity contribution in [1.29, 1.82) is 0 Å². The summed E-state index contributed by atoms with van der Waals surface area (Å²) in [6.45, 7) is 2.39. The summed E-state index contributed by atoms with van der Waals surface area (Å²) < 4.78 is 31.5. The van der Waals surface area contributed by atoms with Gasteiger partial charge in [0.05, 0.1) is 12.2 Å². The van der Waals surface area contributed by atoms with E-state index in [0.29, 0.717) is 6.61 Å². The average Bonchev–Trinajstić information content (AvgIpc) is 2.30. The van der Waals surface area contributed by atoms with Crippen LogP contribution in [0.25, 0.3) is 0 Å². The first-order valence-electron chi connectivity index (χ1n) is 5.26. The van der Waals surface area contributed by atoms with Crippen LogP contribution in [0.2, 0.25) is 0 Å². The van der Waals surface area contributed by atoms with E-state index in [2.05, 4.69) is 0 Å². The summed E-state index contributed by atoms with van der Waals surface area (Å²) in [6.07, 6.45) is 3.09. The fraction of sp³-hybridized carbons (Fsp3) is 0.417. The van der Waals surface area contributed by atoms with Crippen molar-refractivity contribution < 1.29 is 18.3 Å². The number of ether oxygens (including phenoxy) is 1. The van der Waals surface area contributed by atoms with Gasteiger partial charge >= 0.3 is 0 Å². The van der Waals surface area contributed by atoms with E-state index in [1.165, 1.54) is 12.1 Å². The zero-order chi connectivity index (χ0) is 12.0. The van der Waals surface area contributed by atoms with Crippen molar-refractivity contribution in [2.75, 3.05) is 6.61 Å². The fourth-order valence-corrected chi connectivity index (χ4v) is 1.28. The van der Waals surface area contributed by atoms with Gasteiger partial charge in [-0.2, -0.15) is 4.39 Å². The first-order valence-corrected chi connectivity index (χ1v) is 5.26. The van der Waals surface area contributed by atoms with Gasteiger partial charge in [-0.15, -0.1) is 0 Å². The molecule has 0 spiro atoms. The summed E-state index contributed by atoms with van der Waals surface area (Å²) in [6, 6.07) is 2.48. The molecule has 0 radical (unpaired) electrons. The Hall–Kier alpha value is -1.45. The first-order chi connectivity index (χ1) is 7.70. The molecule has 0 aliphatic carbocycles. The molecular formula is C12H14F2O2. The van der Waals surface area contributed by atoms with E-state index in [1.54, 1.807) is 0 Å². The highest BCUT2D eigenvalue weighted by molar-refractivity contribution is 5.75. The van der Waals surface area contributed by atoms with Crippen LogP contribution in [0, 0.1) is 11.6 Å². The Balaban J connectivity index is 2.67. The van der Waals surface area contributed by atoms with Gasteiger partial charge < -0.3 is 4.74 Å². The second kappa shape index (κ2) is 6.20. The fourth-order valence-electron chi connectivity index (χ4n) is 1.28. The predicted molar refractivity (Wildman–Crippen MR) is 56.8 cm³/mol. The number of hydrogen-bond acceptors (Lipinski definition) is 2. The van der Waals surface area contributed by atoms with Crippen molar-refractivity contribution in [3.63, 3.8) is 0 Å². The third kappa shape index (κ3) is 3.02. The predicted octanol–water partition coefficient (Wildman–Crippen LogP) is 3.35. The number of carbonyl (C=O) groups excluding carboxylic acids is 1. The Morgan fingerprint density at radius 3 is 2.62 bits per heavy atom. The summed E-state index contributed by atoms with van der Waals surface area (Å²) in [5.74, 6) is -2.39. The van der Waals surface area contributed by atoms with Crippen molar-refractivity contribution in [3.05, 3.63) is 29.3 Å². The molecule has 4 heteroatoms. The summed E-state index contributed by atoms with van der Waals surface area (Å²) in [5, 5.41) is 0. The molecule has 0 fully saturated rings. The second-order valence-electron chi connectivity index (χ2n) is 3.45. The number of carbonyl (C=O) groups is 1. The molecule has 0 saturated heterocycles. The standard InChI is InChI=1S/C12H14F2O2/c1-2-3-4-7-16-10-6-5-9(8-15)11(13)12(10)14/h5-6,8H,2-4,7H2,1H3. The van der Waals surface area contributed by atoms with Crippen LogP contribution in [0.5, 0.6) is 5.75 Å². The molecule has 0 bridgehead atoms. The van der Waals surface area contributed by atoms with Gasteiger partial charge in [0.2, 0.25) is 5.82 Å². The summed E-state index contributed by atoms with van der Waals surface area (Å²) in [7, 11) is 0. The number of benzene rings is 1. The molecule has 1 rings (SSSR count). The quantitative estimate of drug-likeness (QED) is 0.551. The van der Waals surface area contributed by atoms with Gasteiger partial charge in [0, 0.05) is 0 Å². The van der Waals surface area contributed by atoms with Crippen molar-refractivity contribution in [1.82, 2.24) is 0 Å². The average molecular weight is 228 g/mol. The molecular weight excluding hydrogens is 214 g/mol. The normalized spacial score (nSPS) is 10.2. The number of halogens is 2. The Morgan fingerprint density at radius 2 is 2.00 bits per heavy atom. The Morgan fingerprint density at radius 1 is 1.25 bits per heavy atom. The van der Waals surface area contributed by atoms with Crippen LogP contribution in [-0.4, -0.2) is 12.9 Å². The number of hydrogen-bond donors (Lipinski definition) is 0. The van der Waals surface area contributed by atoms with E-state index in [0.717, 1.165) is 19.3 Å². The lowest BCUT2D eigenvalue weighted by Gasteiger charge is -2.07. The molecule has 0 aliphatic rings. The van der Waals surface area contributed by atoms with Crippen molar-refractivity contribution in [3.8, 4) is 5.75 Å². The van der Waals surface area contributed by atoms with E-state index >= 15 is 0 Å². The molecule has 0 atom stereocenters. The first kappa shape index (κ1) is 12.6. The molecule has 88 valence electrons. The monoisotopic (exact) mass is 228 g/mol. The van der Waals surface area contributed by atoms with Crippen molar-refractivity contribution >= 4 is 6.29 Å². The van der Waals surface area contributed by atoms with Crippen LogP contribution < -0.4 is 4.74 Å². The van der Waals surface area contributed by atoms with Crippen LogP contribution in [0.1, 0.15) is 36.5 Å². The maximum atomic E-state index is 13.3. The molecule has 16 heavy (non-hydrogen) atoms. The summed E-state index contributed by atoms with van der Waals surface area (Å²) in [4.78, 5) is 10.3. The molecule has 0 amide bonds. The highest BCUT2D eigenvalue weighted by Crippen LogP contribution is 2.22. The van der Waals surface area contributed by atoms with Gasteiger partial charge in [0.25, 0.3) is 0 Å². The molecule has 1 aromatic rings. The van der Waals surface area contributed by atoms with E-state index in [1.807, 2.05) is 6.92 Å². The molecule has 0 saturated carbocycles. The lowest BCUT2D eigenvalue weighted by molar-refractivity contribution is 0.111. The minimum Gasteiger partial charge on any atom is -0.490 e. The van der Waals surface area contributed by atoms with Gasteiger partial charge in [-0.3, -0.25) is 4.79 Å². The van der Waals surface area contributed by atoms with Gasteiger partial charge in [-0.05, 0) is 18.6 Å². The molecule has 1 aromatic carbocycles. The number of unbranched alkanes of at least 4 members (excludes halogenated alkanes) is 2. The van der Waals surface area contributed by atoms with E-state index in [-0.39, 0.29) is 17.6 Å². The van der Waals surface area contributed by atoms with Crippen LogP contribution >= 0.6 is 0 Å². The lowest BCUT2D eigenvalue weighted by Crippen LogP contribution is -2.02. The molecule has 0 aromatic heterocycles. The van der Waals surface area contributed by atoms with Crippen LogP contribution in [0.15, 0.2) is 12.1 Å². The van der Waals surface area contributed by atoms with Crippen LogP contribution in [-0.2, 0) is 0 Å². The summed E-state index contributed by atoms with van der Waals surface area (Å²) in [5.41, 5.74) is -0.293. The zero-order valence-electron chi connectivity index (χ0n) is 9.13. The lowest BCUT2D eigenvalue weighted by atomic mass is 10.2. The van der Waals surface area contributed by atoms with Crippen LogP contribution in [0.4, 0.5) is 8.78 Å². The number of aldehydes is 1. The van der Waals surface area contributed by atoms with Gasteiger partial charge in [-0.1, -0.05) is 19.8 Å². The molecule has 0 heterocycles. The SMILES string of the molecule is CCCCCOc1ccc(C=O)c(F)c1F. The minimum atomic E-state index is -1.15. The highest BCUT2D eigenvalue weighted by Gasteiger charge is 2.13. The Bertz CT molecular complexity index is 364. The van der Waals surface area contributed by atoms with E-state index in [9.17, 15) is 13.6 Å². The molecule has 0 aliphatic heterocycles. The Kier molecular flexibility index (Phi) is 4.89. The van der Waals surface area contributed by atoms with Gasteiger partial charge in [0.15, 0.2) is 17.9 Å². The van der Waals surface area contributed by atoms with Crippen molar-refractivity contribution in [2.45, 2.75) is 26.2 Å². The van der Waals surface area contributed by atoms with E-state index < -0.39 is 11.6 Å². The van der Waals surface area contributed by atoms with Crippen LogP contribution in [0.3, 0.4) is 0 Å². The Labute approximate surface area is 93.2 Å². The molecule has 2 nitrogen and oxygen atoms in total. The third-order valence-electron chi connectivity index (χ3n) is 2.21. The maximum absolute atomic E-state index is 13.3. The highest BCUT2D eigenvalue weighted by atomic mass is 19.2. The van der Waals surface area contributed by atoms with E-state index in [4.69, 9.17) is 4.74 Å². The van der Waals surface area contributed by atoms with Crippen molar-refractivity contribution in [2.24, 2.45) is 0 Å². The molecule has 0 unspecified atom stereocenters. The minimum absolute atomic E-state index is 0.140. The largest absolute Gasteiger partial charge is 0.490 e. The second-order valence-corrected chi connectivity index (χ2v) is 3.45. The van der Waals surface area contributed by atoms with Gasteiger partial charge in [0.1, 0.15) is 0 Å². The van der Waals surface area contributed by atoms with Gasteiger partial charge in [-0.25, -0.2) is 4.39 Å². The summed E-state index contributed by atoms with van der Waals surface area (Å²) >= 11 is 0. The third-order valence-corrected chi connectivity index (χ3v) is 2.21. The number of rotatable bonds is 6.